The van der Waals surface area contributed by atoms with E-state index >= 15 is 0 Å². The summed E-state index contributed by atoms with van der Waals surface area (Å²) in [6.45, 7) is 7.95. The zero-order valence-corrected chi connectivity index (χ0v) is 28.2. The number of piperazine rings is 1. The Morgan fingerprint density at radius 2 is 1.33 bits per heavy atom. The molecule has 2 atom stereocenters. The molecule has 49 heavy (non-hydrogen) atoms. The average Bonchev–Trinajstić information content (AvgIpc) is 3.15. The predicted octanol–water partition coefficient (Wildman–Crippen LogP) is 8.19. The first-order valence-electron chi connectivity index (χ1n) is 17.4. The summed E-state index contributed by atoms with van der Waals surface area (Å²) in [5, 5.41) is 1.12. The lowest BCUT2D eigenvalue weighted by Crippen LogP contribution is -2.54. The molecule has 0 aliphatic carbocycles. The molecule has 0 bridgehead atoms. The molecule has 0 amide bonds. The zero-order chi connectivity index (χ0) is 33.4. The molecule has 246 valence electrons. The molecule has 5 nitrogen and oxygen atoms in total. The zero-order valence-electron chi connectivity index (χ0n) is 28.2. The smallest absolute Gasteiger partial charge is 0.138 e. The highest BCUT2D eigenvalue weighted by molar-refractivity contribution is 5.84. The first-order valence-corrected chi connectivity index (χ1v) is 17.4. The van der Waals surface area contributed by atoms with Crippen LogP contribution in [0.4, 0.5) is 0 Å². The second-order valence-electron chi connectivity index (χ2n) is 13.2. The molecule has 0 saturated carbocycles. The Hall–Kier alpha value is -4.94. The van der Waals surface area contributed by atoms with Crippen LogP contribution in [0.3, 0.4) is 0 Å². The summed E-state index contributed by atoms with van der Waals surface area (Å²) in [6.07, 6.45) is 1.17. The fourth-order valence-corrected chi connectivity index (χ4v) is 7.23. The lowest BCUT2D eigenvalue weighted by atomic mass is 9.91. The molecule has 5 aromatic carbocycles. The highest BCUT2D eigenvalue weighted by Gasteiger charge is 2.32. The van der Waals surface area contributed by atoms with Crippen LogP contribution in [0.2, 0.25) is 0 Å². The van der Waals surface area contributed by atoms with Gasteiger partial charge in [0, 0.05) is 62.3 Å². The number of carbonyl (C=O) groups excluding carboxylic acids is 1. The number of aromatic nitrogens is 1. The van der Waals surface area contributed by atoms with Crippen molar-refractivity contribution in [3.05, 3.63) is 173 Å². The second kappa shape index (κ2) is 15.5. The largest absolute Gasteiger partial charge is 0.302 e. The van der Waals surface area contributed by atoms with Crippen LogP contribution in [0.5, 0.6) is 0 Å². The minimum atomic E-state index is -0.246. The van der Waals surface area contributed by atoms with Crippen LogP contribution in [0, 0.1) is 6.92 Å². The summed E-state index contributed by atoms with van der Waals surface area (Å²) < 4.78 is 0. The van der Waals surface area contributed by atoms with E-state index in [2.05, 4.69) is 167 Å². The van der Waals surface area contributed by atoms with Crippen molar-refractivity contribution in [3.63, 3.8) is 0 Å². The maximum atomic E-state index is 13.1. The maximum Gasteiger partial charge on any atom is 0.138 e. The Balaban J connectivity index is 1.28. The van der Waals surface area contributed by atoms with E-state index in [0.29, 0.717) is 13.1 Å². The quantitative estimate of drug-likeness (QED) is 0.126. The van der Waals surface area contributed by atoms with Crippen molar-refractivity contribution in [2.75, 3.05) is 32.7 Å². The van der Waals surface area contributed by atoms with Crippen LogP contribution < -0.4 is 0 Å². The number of hydrogen-bond donors (Lipinski definition) is 0. The third kappa shape index (κ3) is 7.87. The Morgan fingerprint density at radius 3 is 1.98 bits per heavy atom. The number of benzene rings is 5. The van der Waals surface area contributed by atoms with Gasteiger partial charge in [0.2, 0.25) is 0 Å². The predicted molar refractivity (Wildman–Crippen MR) is 200 cm³/mol. The molecule has 2 unspecified atom stereocenters. The van der Waals surface area contributed by atoms with Gasteiger partial charge in [-0.05, 0) is 41.8 Å². The molecular weight excluding hydrogens is 601 g/mol. The van der Waals surface area contributed by atoms with Gasteiger partial charge in [-0.3, -0.25) is 14.7 Å². The topological polar surface area (TPSA) is 39.7 Å². The molecule has 1 saturated heterocycles. The summed E-state index contributed by atoms with van der Waals surface area (Å²) in [5.74, 6) is 0. The number of carbonyl (C=O) groups is 1. The SMILES string of the molecule is Cc1ccc2nc(-c3ccccc3)c(C(c3ccccc3)N(Cc3ccccc3)CC(C=O)N3CCN(Cc4ccccc4)CC3)cc2c1. The van der Waals surface area contributed by atoms with Crippen molar-refractivity contribution in [2.45, 2.75) is 32.1 Å². The highest BCUT2D eigenvalue weighted by Crippen LogP contribution is 2.38. The van der Waals surface area contributed by atoms with Gasteiger partial charge in [-0.1, -0.05) is 133 Å². The standard InChI is InChI=1S/C44H44N4O/c1-34-22-23-42-39(28-34)29-41(43(45-42)37-18-10-4-11-19-37)44(38-20-12-5-13-21-38)48(31-36-16-8-3-9-17-36)32-40(33-49)47-26-24-46(25-27-47)30-35-14-6-2-7-15-35/h2-23,28-29,33,40,44H,24-27,30-32H2,1H3. The van der Waals surface area contributed by atoms with Crippen molar-refractivity contribution < 1.29 is 4.79 Å². The first-order chi connectivity index (χ1) is 24.1. The summed E-state index contributed by atoms with van der Waals surface area (Å²) >= 11 is 0. The van der Waals surface area contributed by atoms with Crippen LogP contribution in [0.15, 0.2) is 146 Å². The van der Waals surface area contributed by atoms with E-state index in [-0.39, 0.29) is 12.1 Å². The van der Waals surface area contributed by atoms with E-state index in [0.717, 1.165) is 60.4 Å². The minimum absolute atomic E-state index is 0.143. The molecular formula is C44H44N4O. The van der Waals surface area contributed by atoms with Crippen LogP contribution in [0.1, 0.15) is 33.9 Å². The van der Waals surface area contributed by atoms with Gasteiger partial charge in [0.25, 0.3) is 0 Å². The molecule has 1 aliphatic heterocycles. The van der Waals surface area contributed by atoms with Crippen LogP contribution in [-0.4, -0.2) is 64.7 Å². The molecule has 7 rings (SSSR count). The van der Waals surface area contributed by atoms with E-state index < -0.39 is 0 Å². The van der Waals surface area contributed by atoms with Gasteiger partial charge in [0.05, 0.1) is 23.3 Å². The minimum Gasteiger partial charge on any atom is -0.302 e. The van der Waals surface area contributed by atoms with Gasteiger partial charge in [-0.15, -0.1) is 0 Å². The Kier molecular flexibility index (Phi) is 10.3. The van der Waals surface area contributed by atoms with E-state index in [9.17, 15) is 4.79 Å². The molecule has 1 aromatic heterocycles. The lowest BCUT2D eigenvalue weighted by molar-refractivity contribution is -0.114. The van der Waals surface area contributed by atoms with Crippen molar-refractivity contribution in [1.82, 2.24) is 19.7 Å². The van der Waals surface area contributed by atoms with Crippen molar-refractivity contribution >= 4 is 17.2 Å². The summed E-state index contributed by atoms with van der Waals surface area (Å²) in [5.41, 5.74) is 9.11. The first kappa shape index (κ1) is 32.6. The average molecular weight is 645 g/mol. The number of pyridine rings is 1. The number of aryl methyl sites for hydroxylation is 1. The van der Waals surface area contributed by atoms with Crippen molar-refractivity contribution in [1.29, 1.82) is 0 Å². The van der Waals surface area contributed by atoms with Gasteiger partial charge >= 0.3 is 0 Å². The van der Waals surface area contributed by atoms with Gasteiger partial charge in [0.1, 0.15) is 6.29 Å². The number of nitrogens with zero attached hydrogens (tertiary/aromatic N) is 4. The van der Waals surface area contributed by atoms with E-state index in [1.54, 1.807) is 0 Å². The van der Waals surface area contributed by atoms with Crippen molar-refractivity contribution in [2.24, 2.45) is 0 Å². The van der Waals surface area contributed by atoms with Crippen molar-refractivity contribution in [3.8, 4) is 11.3 Å². The van der Waals surface area contributed by atoms with Crippen LogP contribution in [0.25, 0.3) is 22.2 Å². The highest BCUT2D eigenvalue weighted by atomic mass is 16.1. The Labute approximate surface area is 290 Å². The molecule has 0 radical (unpaired) electrons. The molecule has 2 heterocycles. The summed E-state index contributed by atoms with van der Waals surface area (Å²) in [6, 6.07) is 51.0. The second-order valence-corrected chi connectivity index (χ2v) is 13.2. The number of aldehydes is 1. The van der Waals surface area contributed by atoms with Gasteiger partial charge in [-0.2, -0.15) is 0 Å². The number of hydrogen-bond acceptors (Lipinski definition) is 5. The van der Waals surface area contributed by atoms with Gasteiger partial charge in [0.15, 0.2) is 0 Å². The lowest BCUT2D eigenvalue weighted by Gasteiger charge is -2.41. The fraction of sp³-hybridized carbons (Fsp3) is 0.227. The Bertz CT molecular complexity index is 1940. The molecule has 0 spiro atoms. The number of rotatable bonds is 12. The van der Waals surface area contributed by atoms with Crippen LogP contribution in [-0.2, 0) is 17.9 Å². The molecule has 0 N–H and O–H groups in total. The summed E-state index contributed by atoms with van der Waals surface area (Å²) in [4.78, 5) is 25.8. The third-order valence-corrected chi connectivity index (χ3v) is 9.75. The number of fused-ring (bicyclic) bond motifs is 1. The molecule has 6 aromatic rings. The summed E-state index contributed by atoms with van der Waals surface area (Å²) in [7, 11) is 0. The van der Waals surface area contributed by atoms with E-state index in [1.807, 2.05) is 0 Å². The normalized spacial score (nSPS) is 15.3. The van der Waals surface area contributed by atoms with Crippen LogP contribution >= 0.6 is 0 Å². The molecule has 5 heteroatoms. The van der Waals surface area contributed by atoms with E-state index in [1.165, 1.54) is 28.5 Å². The Morgan fingerprint density at radius 1 is 0.714 bits per heavy atom. The van der Waals surface area contributed by atoms with Gasteiger partial charge < -0.3 is 4.79 Å². The molecule has 1 aliphatic rings. The third-order valence-electron chi connectivity index (χ3n) is 9.75. The van der Waals surface area contributed by atoms with Gasteiger partial charge in [-0.25, -0.2) is 4.98 Å². The monoisotopic (exact) mass is 644 g/mol. The van der Waals surface area contributed by atoms with E-state index in [4.69, 9.17) is 4.98 Å². The molecule has 1 fully saturated rings. The maximum absolute atomic E-state index is 13.1. The fourth-order valence-electron chi connectivity index (χ4n) is 7.23.